The molecule has 0 radical (unpaired) electrons. The fourth-order valence-corrected chi connectivity index (χ4v) is 4.81. The zero-order chi connectivity index (χ0) is 26.7. The third-order valence-electron chi connectivity index (χ3n) is 5.70. The fraction of sp³-hybridized carbons (Fsp3) is 0.192. The van der Waals surface area contributed by atoms with Crippen LogP contribution in [0.1, 0.15) is 23.9 Å². The third-order valence-corrected chi connectivity index (χ3v) is 6.61. The summed E-state index contributed by atoms with van der Waals surface area (Å²) in [5.74, 6) is -0.370. The molecule has 10 nitrogen and oxygen atoms in total. The Kier molecular flexibility index (Phi) is 7.44. The largest absolute Gasteiger partial charge is 0.494 e. The highest BCUT2D eigenvalue weighted by atomic mass is 32.2. The number of ether oxygens (including phenoxy) is 1. The fourth-order valence-electron chi connectivity index (χ4n) is 3.98. The number of hydrogen-bond acceptors (Lipinski definition) is 7. The summed E-state index contributed by atoms with van der Waals surface area (Å²) in [6.45, 7) is 5.73. The number of imide groups is 1. The molecule has 2 heterocycles. The zero-order valence-electron chi connectivity index (χ0n) is 20.4. The van der Waals surface area contributed by atoms with Crippen molar-refractivity contribution in [2.75, 3.05) is 18.5 Å². The number of nitrogens with zero attached hydrogens (tertiary/aromatic N) is 3. The third kappa shape index (κ3) is 5.56. The average Bonchev–Trinajstić information content (AvgIpc) is 3.29. The van der Waals surface area contributed by atoms with E-state index in [-0.39, 0.29) is 10.6 Å². The molecule has 11 heteroatoms. The molecule has 1 saturated heterocycles. The average molecular weight is 521 g/mol. The Morgan fingerprint density at radius 2 is 1.78 bits per heavy atom. The van der Waals surface area contributed by atoms with E-state index in [2.05, 4.69) is 5.32 Å². The number of thioether (sulfide) groups is 1. The lowest BCUT2D eigenvalue weighted by atomic mass is 10.2. The second-order valence-electron chi connectivity index (χ2n) is 8.21. The van der Waals surface area contributed by atoms with Crippen molar-refractivity contribution in [3.8, 4) is 11.4 Å². The second kappa shape index (κ2) is 10.7. The Labute approximate surface area is 217 Å². The van der Waals surface area contributed by atoms with Crippen molar-refractivity contribution >= 4 is 46.3 Å². The van der Waals surface area contributed by atoms with E-state index in [9.17, 15) is 24.5 Å². The number of nitro benzene ring substituents is 1. The number of hydrogen-bond donors (Lipinski definition) is 1. The van der Waals surface area contributed by atoms with Gasteiger partial charge < -0.3 is 14.6 Å². The molecule has 4 rings (SSSR count). The van der Waals surface area contributed by atoms with Crippen LogP contribution in [0.3, 0.4) is 0 Å². The summed E-state index contributed by atoms with van der Waals surface area (Å²) < 4.78 is 7.28. The van der Waals surface area contributed by atoms with E-state index in [0.717, 1.165) is 39.3 Å². The molecule has 1 N–H and O–H groups in total. The number of nitro groups is 1. The maximum Gasteiger partial charge on any atom is 0.294 e. The summed E-state index contributed by atoms with van der Waals surface area (Å²) in [7, 11) is 0. The molecular formula is C26H24N4O6S. The first-order chi connectivity index (χ1) is 17.7. The predicted octanol–water partition coefficient (Wildman–Crippen LogP) is 5.08. The number of non-ortho nitro benzene ring substituents is 1. The number of anilines is 1. The quantitative estimate of drug-likeness (QED) is 0.250. The van der Waals surface area contributed by atoms with E-state index in [1.807, 2.05) is 31.4 Å². The summed E-state index contributed by atoms with van der Waals surface area (Å²) in [6.07, 6.45) is 1.62. The van der Waals surface area contributed by atoms with E-state index < -0.39 is 28.5 Å². The van der Waals surface area contributed by atoms with Crippen molar-refractivity contribution in [3.05, 3.63) is 86.6 Å². The van der Waals surface area contributed by atoms with Crippen molar-refractivity contribution in [1.82, 2.24) is 9.47 Å². The van der Waals surface area contributed by atoms with Crippen LogP contribution in [0, 0.1) is 24.0 Å². The van der Waals surface area contributed by atoms with E-state index >= 15 is 0 Å². The Bertz CT molecular complexity index is 1410. The van der Waals surface area contributed by atoms with Crippen molar-refractivity contribution in [1.29, 1.82) is 0 Å². The van der Waals surface area contributed by atoms with Crippen LogP contribution in [-0.4, -0.2) is 44.6 Å². The lowest BCUT2D eigenvalue weighted by Gasteiger charge is -2.12. The molecule has 1 aromatic heterocycles. The van der Waals surface area contributed by atoms with Crippen molar-refractivity contribution in [3.63, 3.8) is 0 Å². The van der Waals surface area contributed by atoms with Crippen LogP contribution in [0.5, 0.6) is 5.75 Å². The van der Waals surface area contributed by atoms with Gasteiger partial charge in [0.1, 0.15) is 12.3 Å². The topological polar surface area (TPSA) is 124 Å². The summed E-state index contributed by atoms with van der Waals surface area (Å²) in [4.78, 5) is 49.6. The van der Waals surface area contributed by atoms with Crippen LogP contribution < -0.4 is 10.1 Å². The monoisotopic (exact) mass is 520 g/mol. The smallest absolute Gasteiger partial charge is 0.294 e. The standard InChI is InChI=1S/C26H24N4O6S/c1-4-36-22-11-5-19(6-12-22)27-24(31)15-28-25(32)23(37-26(28)33)14-18-13-16(2)29(17(18)3)20-7-9-21(10-8-20)30(34)35/h5-14H,4,15H2,1-3H3,(H,27,31)/b23-14-. The van der Waals surface area contributed by atoms with Gasteiger partial charge in [-0.2, -0.15) is 0 Å². The molecule has 0 spiro atoms. The van der Waals surface area contributed by atoms with Gasteiger partial charge in [0.25, 0.3) is 16.8 Å². The predicted molar refractivity (Wildman–Crippen MR) is 141 cm³/mol. The Balaban J connectivity index is 1.48. The molecule has 3 amide bonds. The minimum absolute atomic E-state index is 0.00771. The van der Waals surface area contributed by atoms with E-state index in [1.54, 1.807) is 42.5 Å². The molecule has 1 aliphatic rings. The van der Waals surface area contributed by atoms with Gasteiger partial charge in [-0.25, -0.2) is 0 Å². The molecule has 1 fully saturated rings. The van der Waals surface area contributed by atoms with E-state index in [4.69, 9.17) is 4.74 Å². The highest BCUT2D eigenvalue weighted by molar-refractivity contribution is 8.18. The summed E-state index contributed by atoms with van der Waals surface area (Å²) in [5.41, 5.74) is 3.62. The van der Waals surface area contributed by atoms with Crippen molar-refractivity contribution in [2.45, 2.75) is 20.8 Å². The number of aromatic nitrogens is 1. The number of carbonyl (C=O) groups is 3. The first kappa shape index (κ1) is 25.7. The van der Waals surface area contributed by atoms with Gasteiger partial charge in [-0.3, -0.25) is 29.4 Å². The molecule has 0 atom stereocenters. The van der Waals surface area contributed by atoms with Gasteiger partial charge in [-0.05, 0) is 86.6 Å². The van der Waals surface area contributed by atoms with Gasteiger partial charge in [0.2, 0.25) is 5.91 Å². The minimum atomic E-state index is -0.544. The van der Waals surface area contributed by atoms with E-state index in [0.29, 0.717) is 18.0 Å². The van der Waals surface area contributed by atoms with Crippen LogP contribution in [0.4, 0.5) is 16.2 Å². The van der Waals surface area contributed by atoms with Crippen LogP contribution in [0.25, 0.3) is 11.8 Å². The molecule has 190 valence electrons. The molecular weight excluding hydrogens is 496 g/mol. The highest BCUT2D eigenvalue weighted by Crippen LogP contribution is 2.34. The first-order valence-corrected chi connectivity index (χ1v) is 12.2. The second-order valence-corrected chi connectivity index (χ2v) is 9.20. The minimum Gasteiger partial charge on any atom is -0.494 e. The number of amides is 3. The van der Waals surface area contributed by atoms with Gasteiger partial charge in [0.15, 0.2) is 0 Å². The highest BCUT2D eigenvalue weighted by Gasteiger charge is 2.36. The van der Waals surface area contributed by atoms with E-state index in [1.165, 1.54) is 12.1 Å². The number of rotatable bonds is 8. The number of aryl methyl sites for hydroxylation is 1. The van der Waals surface area contributed by atoms with Crippen LogP contribution >= 0.6 is 11.8 Å². The van der Waals surface area contributed by atoms with Gasteiger partial charge in [-0.15, -0.1) is 0 Å². The van der Waals surface area contributed by atoms with Gasteiger partial charge in [0, 0.05) is 34.9 Å². The van der Waals surface area contributed by atoms with Gasteiger partial charge in [0.05, 0.1) is 16.4 Å². The molecule has 37 heavy (non-hydrogen) atoms. The summed E-state index contributed by atoms with van der Waals surface area (Å²) in [6, 6.07) is 14.8. The molecule has 2 aromatic carbocycles. The lowest BCUT2D eigenvalue weighted by Crippen LogP contribution is -2.36. The molecule has 1 aliphatic heterocycles. The molecule has 3 aromatic rings. The number of carbonyl (C=O) groups excluding carboxylic acids is 3. The summed E-state index contributed by atoms with van der Waals surface area (Å²) in [5, 5.41) is 13.1. The number of nitrogens with one attached hydrogen (secondary N) is 1. The Morgan fingerprint density at radius 1 is 1.11 bits per heavy atom. The SMILES string of the molecule is CCOc1ccc(NC(=O)CN2C(=O)S/C(=C\c3cc(C)n(-c4ccc([N+](=O)[O-])cc4)c3C)C2=O)cc1. The molecule has 0 aliphatic carbocycles. The molecule has 0 saturated carbocycles. The van der Waals surface area contributed by atoms with Crippen LogP contribution in [0.2, 0.25) is 0 Å². The Hall–Kier alpha value is -4.38. The Morgan fingerprint density at radius 3 is 2.41 bits per heavy atom. The maximum absolute atomic E-state index is 12.9. The lowest BCUT2D eigenvalue weighted by molar-refractivity contribution is -0.384. The normalized spacial score (nSPS) is 14.4. The number of benzene rings is 2. The summed E-state index contributed by atoms with van der Waals surface area (Å²) >= 11 is 0.775. The van der Waals surface area contributed by atoms with Gasteiger partial charge >= 0.3 is 0 Å². The van der Waals surface area contributed by atoms with Crippen LogP contribution in [-0.2, 0) is 9.59 Å². The molecule has 0 unspecified atom stereocenters. The van der Waals surface area contributed by atoms with Crippen molar-refractivity contribution < 1.29 is 24.0 Å². The maximum atomic E-state index is 12.9. The zero-order valence-corrected chi connectivity index (χ0v) is 21.2. The van der Waals surface area contributed by atoms with Crippen molar-refractivity contribution in [2.24, 2.45) is 0 Å². The first-order valence-electron chi connectivity index (χ1n) is 11.4. The molecule has 0 bridgehead atoms. The van der Waals surface area contributed by atoms with Gasteiger partial charge in [-0.1, -0.05) is 0 Å². The van der Waals surface area contributed by atoms with Crippen LogP contribution in [0.15, 0.2) is 59.5 Å².